The van der Waals surface area contributed by atoms with Crippen LogP contribution in [0.1, 0.15) is 64.2 Å². The Morgan fingerprint density at radius 3 is 2.46 bits per heavy atom. The second-order valence-electron chi connectivity index (χ2n) is 8.87. The highest BCUT2D eigenvalue weighted by atomic mass is 16.5. The Bertz CT molecular complexity index is 1300. The van der Waals surface area contributed by atoms with Crippen molar-refractivity contribution in [2.24, 2.45) is 0 Å². The van der Waals surface area contributed by atoms with Gasteiger partial charge >= 0.3 is 0 Å². The van der Waals surface area contributed by atoms with Crippen molar-refractivity contribution in [2.75, 3.05) is 13.3 Å². The van der Waals surface area contributed by atoms with Gasteiger partial charge in [0, 0.05) is 43.2 Å². The van der Waals surface area contributed by atoms with Gasteiger partial charge in [-0.25, -0.2) is 4.68 Å². The largest absolute Gasteiger partial charge is 0.360 e. The van der Waals surface area contributed by atoms with E-state index in [1.807, 2.05) is 75.0 Å². The zero-order valence-corrected chi connectivity index (χ0v) is 23.5. The molecule has 0 spiro atoms. The molecule has 0 N–H and O–H groups in total. The highest BCUT2D eigenvalue weighted by molar-refractivity contribution is 5.66. The summed E-state index contributed by atoms with van der Waals surface area (Å²) in [5, 5.41) is 8.93. The summed E-state index contributed by atoms with van der Waals surface area (Å²) in [7, 11) is 0. The Morgan fingerprint density at radius 1 is 1.00 bits per heavy atom. The van der Waals surface area contributed by atoms with Crippen molar-refractivity contribution in [3.63, 3.8) is 0 Å². The van der Waals surface area contributed by atoms with Crippen LogP contribution in [0.2, 0.25) is 0 Å². The van der Waals surface area contributed by atoms with E-state index in [0.717, 1.165) is 49.2 Å². The van der Waals surface area contributed by atoms with Crippen LogP contribution in [0.25, 0.3) is 29.0 Å². The molecule has 0 aliphatic carbocycles. The molecule has 0 unspecified atom stereocenters. The van der Waals surface area contributed by atoms with Gasteiger partial charge in [0.2, 0.25) is 11.7 Å². The molecule has 6 rings (SSSR count). The fraction of sp³-hybridized carbons (Fsp3) is 0.433. The Balaban J connectivity index is 0.000000845. The van der Waals surface area contributed by atoms with Crippen molar-refractivity contribution in [1.82, 2.24) is 34.8 Å². The molecule has 6 heterocycles. The van der Waals surface area contributed by atoms with E-state index in [1.54, 1.807) is 6.20 Å². The van der Waals surface area contributed by atoms with Crippen LogP contribution in [-0.2, 0) is 24.2 Å². The van der Waals surface area contributed by atoms with E-state index in [2.05, 4.69) is 37.3 Å². The molecule has 0 bridgehead atoms. The number of aromatic nitrogens is 6. The van der Waals surface area contributed by atoms with Gasteiger partial charge in [-0.2, -0.15) is 10.1 Å². The van der Waals surface area contributed by atoms with Crippen molar-refractivity contribution in [3.8, 4) is 22.8 Å². The first-order valence-corrected chi connectivity index (χ1v) is 14.1. The van der Waals surface area contributed by atoms with E-state index >= 15 is 0 Å². The average molecular weight is 530 g/mol. The van der Waals surface area contributed by atoms with E-state index in [4.69, 9.17) is 14.4 Å². The summed E-state index contributed by atoms with van der Waals surface area (Å²) in [5.41, 5.74) is 4.90. The van der Waals surface area contributed by atoms with Gasteiger partial charge in [0.15, 0.2) is 0 Å². The van der Waals surface area contributed by atoms with E-state index in [-0.39, 0.29) is 0 Å². The van der Waals surface area contributed by atoms with Gasteiger partial charge in [-0.15, -0.1) is 0 Å². The minimum absolute atomic E-state index is 0.323. The molecule has 0 radical (unpaired) electrons. The maximum atomic E-state index is 6.16. The minimum atomic E-state index is 0.323. The van der Waals surface area contributed by atoms with Crippen molar-refractivity contribution in [3.05, 3.63) is 72.1 Å². The van der Waals surface area contributed by atoms with Crippen LogP contribution in [0, 0.1) is 0 Å². The zero-order chi connectivity index (χ0) is 27.5. The molecular weight excluding hydrogens is 490 g/mol. The molecular formula is C30H39N7O2. The van der Waals surface area contributed by atoms with Crippen LogP contribution in [0.3, 0.4) is 0 Å². The highest BCUT2D eigenvalue weighted by Gasteiger charge is 2.30. The lowest BCUT2D eigenvalue weighted by Crippen LogP contribution is -2.49. The third-order valence-electron chi connectivity index (χ3n) is 6.57. The monoisotopic (exact) mass is 529 g/mol. The first-order valence-electron chi connectivity index (χ1n) is 14.1. The fourth-order valence-corrected chi connectivity index (χ4v) is 4.65. The molecule has 0 amide bonds. The molecule has 39 heavy (non-hydrogen) atoms. The van der Waals surface area contributed by atoms with Gasteiger partial charge in [0.25, 0.3) is 0 Å². The van der Waals surface area contributed by atoms with Gasteiger partial charge in [0.1, 0.15) is 5.69 Å². The van der Waals surface area contributed by atoms with Crippen LogP contribution in [-0.4, -0.2) is 54.1 Å². The lowest BCUT2D eigenvalue weighted by molar-refractivity contribution is -0.0493. The smallest absolute Gasteiger partial charge is 0.228 e. The summed E-state index contributed by atoms with van der Waals surface area (Å²) in [6.45, 7) is 9.96. The normalized spacial score (nSPS) is 16.2. The molecule has 0 aromatic carbocycles. The zero-order valence-electron chi connectivity index (χ0n) is 23.5. The number of hydrogen-bond donors (Lipinski definition) is 0. The van der Waals surface area contributed by atoms with Crippen molar-refractivity contribution < 1.29 is 9.26 Å². The SMILES string of the molecule is C1=Cn2nc(COCN3CC[C@H]3Cc3nc(-c4ccccn4)no3)c(-c3ccccn3)c2CCC1.CC.CC. The maximum Gasteiger partial charge on any atom is 0.228 e. The predicted octanol–water partition coefficient (Wildman–Crippen LogP) is 6.04. The second-order valence-corrected chi connectivity index (χ2v) is 8.87. The van der Waals surface area contributed by atoms with Crippen LogP contribution in [0.5, 0.6) is 0 Å². The number of allylic oxidation sites excluding steroid dienone is 1. The molecule has 1 atom stereocenters. The topological polar surface area (TPSA) is 95.0 Å². The van der Waals surface area contributed by atoms with Gasteiger partial charge in [0.05, 0.1) is 30.4 Å². The molecule has 1 saturated heterocycles. The van der Waals surface area contributed by atoms with Gasteiger partial charge in [-0.05, 0) is 49.9 Å². The number of likely N-dealkylation sites (tertiary alicyclic amines) is 1. The van der Waals surface area contributed by atoms with E-state index < -0.39 is 0 Å². The molecule has 1 fully saturated rings. The third kappa shape index (κ3) is 6.85. The Kier molecular flexibility index (Phi) is 10.5. The van der Waals surface area contributed by atoms with E-state index in [9.17, 15) is 0 Å². The van der Waals surface area contributed by atoms with Crippen LogP contribution in [0.15, 0.2) is 59.4 Å². The number of rotatable bonds is 8. The summed E-state index contributed by atoms with van der Waals surface area (Å²) in [6.07, 6.45) is 12.7. The van der Waals surface area contributed by atoms with Gasteiger partial charge in [-0.1, -0.05) is 51.1 Å². The number of fused-ring (bicyclic) bond motifs is 1. The van der Waals surface area contributed by atoms with Crippen molar-refractivity contribution >= 4 is 6.20 Å². The molecule has 9 nitrogen and oxygen atoms in total. The Morgan fingerprint density at radius 2 is 1.77 bits per heavy atom. The number of pyridine rings is 2. The van der Waals surface area contributed by atoms with Gasteiger partial charge in [-0.3, -0.25) is 14.9 Å². The van der Waals surface area contributed by atoms with Crippen molar-refractivity contribution in [1.29, 1.82) is 0 Å². The molecule has 4 aromatic heterocycles. The van der Waals surface area contributed by atoms with E-state index in [1.165, 1.54) is 5.69 Å². The Hall–Kier alpha value is -3.69. The summed E-state index contributed by atoms with van der Waals surface area (Å²) >= 11 is 0. The highest BCUT2D eigenvalue weighted by Crippen LogP contribution is 2.30. The summed E-state index contributed by atoms with van der Waals surface area (Å²) in [4.78, 5) is 15.7. The lowest BCUT2D eigenvalue weighted by atomic mass is 10.0. The van der Waals surface area contributed by atoms with Crippen molar-refractivity contribution in [2.45, 2.75) is 72.4 Å². The minimum Gasteiger partial charge on any atom is -0.360 e. The maximum absolute atomic E-state index is 6.16. The van der Waals surface area contributed by atoms with Gasteiger partial charge < -0.3 is 9.26 Å². The average Bonchev–Trinajstić information content (AvgIpc) is 3.54. The van der Waals surface area contributed by atoms with E-state index in [0.29, 0.717) is 43.2 Å². The first kappa shape index (κ1) is 28.3. The summed E-state index contributed by atoms with van der Waals surface area (Å²) < 4.78 is 13.6. The fourth-order valence-electron chi connectivity index (χ4n) is 4.65. The quantitative estimate of drug-likeness (QED) is 0.273. The lowest BCUT2D eigenvalue weighted by Gasteiger charge is -2.39. The third-order valence-corrected chi connectivity index (χ3v) is 6.57. The summed E-state index contributed by atoms with van der Waals surface area (Å²) in [6, 6.07) is 12.0. The molecule has 0 saturated carbocycles. The predicted molar refractivity (Wildman–Crippen MR) is 152 cm³/mol. The summed E-state index contributed by atoms with van der Waals surface area (Å²) in [5.74, 6) is 1.15. The standard InChI is InChI=1S/C26H27N7O2.2C2H6/c1-2-10-23-25(20-8-3-5-12-27-20)22(30-33(23)14-7-1)17-34-18-32-15-11-19(32)16-24-29-26(31-35-24)21-9-4-6-13-28-21;2*1-2/h3-9,12-14,19H,1-2,10-11,15-18H2;2*1-2H3/t19-;;/m0../s1. The molecule has 4 aromatic rings. The molecule has 2 aliphatic heterocycles. The molecule has 9 heteroatoms. The molecule has 2 aliphatic rings. The van der Waals surface area contributed by atoms with Crippen LogP contribution >= 0.6 is 0 Å². The number of ether oxygens (including phenoxy) is 1. The number of hydrogen-bond acceptors (Lipinski definition) is 8. The Labute approximate surface area is 230 Å². The molecule has 206 valence electrons. The number of nitrogens with zero attached hydrogens (tertiary/aromatic N) is 7. The van der Waals surface area contributed by atoms with Crippen LogP contribution < -0.4 is 0 Å². The first-order chi connectivity index (χ1) is 19.3. The van der Waals surface area contributed by atoms with Crippen LogP contribution in [0.4, 0.5) is 0 Å². The second kappa shape index (κ2) is 14.5.